The van der Waals surface area contributed by atoms with E-state index in [2.05, 4.69) is 158 Å². The van der Waals surface area contributed by atoms with Gasteiger partial charge in [0.25, 0.3) is 18.3 Å². The third-order valence-corrected chi connectivity index (χ3v) is 21.9. The van der Waals surface area contributed by atoms with Gasteiger partial charge in [0.2, 0.25) is 29.6 Å². The summed E-state index contributed by atoms with van der Waals surface area (Å²) in [4.78, 5) is 166. The molecule has 0 bridgehead atoms. The van der Waals surface area contributed by atoms with Crippen LogP contribution in [-0.2, 0) is 68.2 Å². The van der Waals surface area contributed by atoms with Gasteiger partial charge in [0.05, 0.1) is 4.83 Å². The van der Waals surface area contributed by atoms with Crippen LogP contribution >= 0.6 is 119 Å². The van der Waals surface area contributed by atoms with Crippen molar-refractivity contribution >= 4 is 218 Å². The van der Waals surface area contributed by atoms with Gasteiger partial charge >= 0.3 is 55.4 Å². The Labute approximate surface area is 903 Å². The number of hydrogen-bond acceptors (Lipinski definition) is 32. The van der Waals surface area contributed by atoms with Crippen LogP contribution in [0.4, 0.5) is 36.9 Å². The number of amides is 8. The second-order valence-electron chi connectivity index (χ2n) is 32.0. The average molecular weight is 2610 g/mol. The van der Waals surface area contributed by atoms with Gasteiger partial charge in [0, 0.05) is 216 Å². The van der Waals surface area contributed by atoms with Crippen molar-refractivity contribution in [3.63, 3.8) is 0 Å². The van der Waals surface area contributed by atoms with Crippen LogP contribution in [0.3, 0.4) is 0 Å². The van der Waals surface area contributed by atoms with Gasteiger partial charge < -0.3 is 80.4 Å². The number of nitrogen functional groups attached to an aromatic ring is 1. The molecule has 0 aliphatic carbocycles. The number of nitrogens with two attached hydrogens (primary N) is 1. The summed E-state index contributed by atoms with van der Waals surface area (Å²) in [7, 11) is 0. The number of anilines is 4. The van der Waals surface area contributed by atoms with E-state index in [0.717, 1.165) is 106 Å². The minimum atomic E-state index is -0.738. The third-order valence-electron chi connectivity index (χ3n) is 19.0. The van der Waals surface area contributed by atoms with Crippen molar-refractivity contribution in [1.82, 2.24) is 109 Å². The molecule has 54 heteroatoms. The number of carbonyl (C=O) groups excluding carboxylic acids is 9. The zero-order valence-corrected chi connectivity index (χ0v) is 91.8. The van der Waals surface area contributed by atoms with E-state index in [1.165, 1.54) is 39.2 Å². The third kappa shape index (κ3) is 43.8. The number of nitrogens with zero attached hydrogens (tertiary/aromatic N) is 17. The summed E-state index contributed by atoms with van der Waals surface area (Å²) in [5.41, 5.74) is 15.3. The van der Waals surface area contributed by atoms with Crippen LogP contribution in [0.25, 0.3) is 22.6 Å². The summed E-state index contributed by atoms with van der Waals surface area (Å²) in [6.45, 7) is 34.3. The second kappa shape index (κ2) is 66.3. The Balaban J connectivity index is -0.00000157. The van der Waals surface area contributed by atoms with Gasteiger partial charge in [0.15, 0.2) is 22.6 Å². The molecule has 0 aromatic carbocycles. The molecular formula is C87H134BrClFI4N29O17Pd. The quantitative estimate of drug-likeness (QED) is 0.00605. The predicted molar refractivity (Wildman–Crippen MR) is 577 cm³/mol. The van der Waals surface area contributed by atoms with E-state index in [0.29, 0.717) is 91.6 Å². The summed E-state index contributed by atoms with van der Waals surface area (Å²) in [5, 5.41) is 37.7. The Morgan fingerprint density at radius 2 is 0.872 bits per heavy atom. The number of rotatable bonds is 7. The van der Waals surface area contributed by atoms with Crippen LogP contribution in [-0.4, -0.2) is 268 Å². The number of ether oxygens (including phenoxy) is 3. The number of H-pyrrole nitrogens is 2. The summed E-state index contributed by atoms with van der Waals surface area (Å²) in [5.74, 6) is 3.42. The molecule has 0 radical (unpaired) electrons. The number of pyridine rings is 6. The second-order valence-corrected chi connectivity index (χ2v) is 36.9. The van der Waals surface area contributed by atoms with Crippen LogP contribution < -0.4 is 80.6 Å². The number of hydrazine groups is 1. The van der Waals surface area contributed by atoms with E-state index in [-0.39, 0.29) is 157 Å². The normalized spacial score (nSPS) is 16.3. The van der Waals surface area contributed by atoms with E-state index < -0.39 is 35.4 Å². The van der Waals surface area contributed by atoms with E-state index in [1.54, 1.807) is 46.9 Å². The molecule has 141 heavy (non-hydrogen) atoms. The number of alkyl halides is 2. The van der Waals surface area contributed by atoms with Crippen LogP contribution in [0.15, 0.2) is 129 Å². The SMILES string of the molecule is C.C.CC.CC(C)(C)OC(=O)N1CCN(c2ccn3c(=O)[nH]nc3c2)CC1.CC(C)(C)OC(=O)N1CCNCC1.CC(C)(C)OC=O.Cl.Fc1cc(I)ccn1.N=N.NNc1cc(I)ccn1.O.O=C1CCC(Br)C(=O)N1.O=C1CCC(n2nc3cc(N4CCNCC4)ccn3c2=O)C(=O)N1.O=C1CCC(n2nc3cc(N4CCNCC4)ccn3c2=O)C(=O)N1.O=c1[nH]nc2cc(I)ccn12.[2H]CI.[CH3-].[CH3-].[HH].[Pd+2]. The number of fused-ring (bicyclic) bond motifs is 4. The number of piperidine rings is 3. The molecule has 17 heterocycles. The minimum absolute atomic E-state index is 0. The Morgan fingerprint density at radius 1 is 0.525 bits per heavy atom. The zero-order valence-electron chi connectivity index (χ0n) is 80.2. The first kappa shape index (κ1) is 131. The van der Waals surface area contributed by atoms with Crippen LogP contribution in [0.1, 0.15) is 144 Å². The molecule has 7 aliphatic heterocycles. The monoisotopic (exact) mass is 2600 g/mol. The molecule has 0 saturated carbocycles. The summed E-state index contributed by atoms with van der Waals surface area (Å²) in [6.07, 6.45) is 11.5. The van der Waals surface area contributed by atoms with Gasteiger partial charge in [0.1, 0.15) is 34.7 Å². The molecule has 10 aromatic heterocycles. The van der Waals surface area contributed by atoms with E-state index >= 15 is 0 Å². The molecule has 7 aliphatic rings. The Kier molecular flexibility index (Phi) is 61.7. The van der Waals surface area contributed by atoms with Gasteiger partial charge in [-0.15, -0.1) is 22.6 Å². The molecular weight excluding hydrogens is 2470 g/mol. The predicted octanol–water partition coefficient (Wildman–Crippen LogP) is 8.93. The number of halogens is 7. The number of imide groups is 3. The number of aromatic amines is 2. The van der Waals surface area contributed by atoms with Crippen molar-refractivity contribution in [2.24, 2.45) is 5.84 Å². The van der Waals surface area contributed by atoms with Crippen LogP contribution in [0.2, 0.25) is 0 Å². The summed E-state index contributed by atoms with van der Waals surface area (Å²) < 4.78 is 44.6. The first-order valence-electron chi connectivity index (χ1n) is 42.9. The number of carbonyl (C=O) groups is 9. The van der Waals surface area contributed by atoms with Gasteiger partial charge in [-0.2, -0.15) is 24.0 Å². The molecule has 15 N–H and O–H groups in total. The van der Waals surface area contributed by atoms with Gasteiger partial charge in [-0.25, -0.2) is 65.8 Å². The van der Waals surface area contributed by atoms with Gasteiger partial charge in [-0.3, -0.25) is 67.1 Å². The molecule has 7 fully saturated rings. The standard InChI is InChI=1S/2C15H18N6O3.C15H21N5O3.C9H18N2O2.C6H4IN3O.C5H6BrNO2.C5H3FIN.C5H6IN3.C5H10O2.C2H6.CH3I.2CH4.2CH3.ClH.H2N2.H2O.Pd.H2/c2*22-13-2-1-11(14(23)17-13)21-15(24)20-6-3-10(9-12(20)18-21)19-7-4-16-5-8-19;1-15(2,3)23-14(22)19-8-6-18(7-9-19)11-4-5-20-12(10-11)16-17-13(20)21;1-9(2,3)13-8(12)11-6-4-10-5-7-11;7-4-1-2-10-5(3-4)8-9-6(10)11;6-3-1-2-4(8)7-5(3)9;6-5-3-4(7)1-2-8-5;6-4-1-2-8-5(3-4)9-7;1-5(2,3)7-4-6;2*1-2;;;;;;1-2;;;/h2*3,6,9,11,16H,1-2,4-5,7-8H2,(H,17,22,23);4-5,10H,6-9H2,1-3H3,(H,17,21);10H,4-7H2,1-3H3;1-3H,(H,9,11);3H,1-2H2,(H,7,8,9);1-3H;1-3H,7H2,(H,8,9);4H,1-3H3;1-2H3;1H3;2*1H4;2*1H3;1H;1-2H;1H2;;1H/q;;;;;;;;;;;;;2*-1;;;;+2;/i;;;;;;;;;;1D;;;;;;;;;. The fraction of sp³-hybridized carbons (Fsp3) is 0.483. The average Bonchev–Trinajstić information content (AvgIpc) is 1.63. The largest absolute Gasteiger partial charge is 2.00 e. The van der Waals surface area contributed by atoms with Crippen molar-refractivity contribution in [2.75, 3.05) is 130 Å². The number of piperazine rings is 4. The maximum Gasteiger partial charge on any atom is 2.00 e. The van der Waals surface area contributed by atoms with Crippen molar-refractivity contribution in [1.29, 1.82) is 11.1 Å². The summed E-state index contributed by atoms with van der Waals surface area (Å²) in [6, 6.07) is 20.3. The van der Waals surface area contributed by atoms with E-state index in [4.69, 9.17) is 27.7 Å². The van der Waals surface area contributed by atoms with Crippen molar-refractivity contribution in [3.05, 3.63) is 183 Å². The van der Waals surface area contributed by atoms with Gasteiger partial charge in [-0.1, -0.05) is 67.2 Å². The summed E-state index contributed by atoms with van der Waals surface area (Å²) >= 11 is 11.5. The van der Waals surface area contributed by atoms with Gasteiger partial charge in [-0.05, 0) is 203 Å². The van der Waals surface area contributed by atoms with E-state index in [9.17, 15) is 66.7 Å². The van der Waals surface area contributed by atoms with Crippen LogP contribution in [0.5, 0.6) is 0 Å². The molecule has 0 spiro atoms. The maximum atomic E-state index is 12.5. The molecule has 3 unspecified atom stereocenters. The first-order valence-corrected chi connectivity index (χ1v) is 47.9. The number of hydrogen-bond donors (Lipinski definition) is 12. The molecule has 10 aromatic rings. The minimum Gasteiger partial charge on any atom is -0.462 e. The molecule has 788 valence electrons. The number of nitrogens with one attached hydrogen (secondary N) is 11. The Bertz CT molecular complexity index is 5680. The van der Waals surface area contributed by atoms with Crippen molar-refractivity contribution in [3.8, 4) is 0 Å². The number of aromatic nitrogens is 14. The maximum absolute atomic E-state index is 12.5. The van der Waals surface area contributed by atoms with E-state index in [1.807, 2.05) is 182 Å². The molecule has 46 nitrogen and oxygen atoms in total. The van der Waals surface area contributed by atoms with Crippen molar-refractivity contribution < 1.29 is 90.4 Å². The topological polar surface area (TPSA) is 592 Å². The fourth-order valence-electron chi connectivity index (χ4n) is 12.7. The fourth-order valence-corrected chi connectivity index (χ4v) is 14.4. The smallest absolute Gasteiger partial charge is 0.462 e. The first-order chi connectivity index (χ1) is 64.1. The van der Waals surface area contributed by atoms with Crippen LogP contribution in [0, 0.1) is 42.6 Å². The molecule has 8 amide bonds. The molecule has 7 saturated heterocycles. The van der Waals surface area contributed by atoms with Crippen molar-refractivity contribution in [2.45, 2.75) is 163 Å². The Morgan fingerprint density at radius 3 is 1.21 bits per heavy atom. The Hall–Kier alpha value is -9.71. The zero-order chi connectivity index (χ0) is 99.9. The molecule has 3 atom stereocenters. The molecule has 17 rings (SSSR count).